The first kappa shape index (κ1) is 15.9. The number of fused-ring (bicyclic) bond motifs is 1. The van der Waals surface area contributed by atoms with Gasteiger partial charge in [-0.25, -0.2) is 9.97 Å². The van der Waals surface area contributed by atoms with Crippen LogP contribution >= 0.6 is 11.8 Å². The Morgan fingerprint density at radius 1 is 0.917 bits per heavy atom. The number of hydrogen-bond donors (Lipinski definition) is 2. The van der Waals surface area contributed by atoms with Crippen molar-refractivity contribution in [2.75, 3.05) is 5.75 Å². The Bertz CT molecular complexity index is 865. The molecule has 0 aliphatic heterocycles. The zero-order valence-electron chi connectivity index (χ0n) is 12.6. The van der Waals surface area contributed by atoms with Gasteiger partial charge in [-0.3, -0.25) is 20.4 Å². The first-order valence-corrected chi connectivity index (χ1v) is 8.19. The number of nitrogens with one attached hydrogen (secondary N) is 2. The number of aromatic nitrogens is 2. The monoisotopic (exact) mass is 338 g/mol. The molecule has 120 valence electrons. The van der Waals surface area contributed by atoms with Crippen LogP contribution in [0.25, 0.3) is 10.9 Å². The van der Waals surface area contributed by atoms with Gasteiger partial charge in [-0.15, -0.1) is 0 Å². The molecule has 24 heavy (non-hydrogen) atoms. The Balaban J connectivity index is 1.55. The summed E-state index contributed by atoms with van der Waals surface area (Å²) in [4.78, 5) is 32.1. The van der Waals surface area contributed by atoms with Crippen LogP contribution in [0.5, 0.6) is 0 Å². The number of rotatable bonds is 4. The first-order chi connectivity index (χ1) is 11.7. The molecule has 0 saturated carbocycles. The average molecular weight is 338 g/mol. The Kier molecular flexibility index (Phi) is 5.02. The van der Waals surface area contributed by atoms with Crippen LogP contribution in [0.15, 0.2) is 66.0 Å². The molecular formula is C17H14N4O2S. The van der Waals surface area contributed by atoms with Gasteiger partial charge in [0.2, 0.25) is 5.91 Å². The second-order valence-electron chi connectivity index (χ2n) is 4.85. The van der Waals surface area contributed by atoms with Gasteiger partial charge >= 0.3 is 0 Å². The van der Waals surface area contributed by atoms with Crippen molar-refractivity contribution in [1.82, 2.24) is 20.8 Å². The summed E-state index contributed by atoms with van der Waals surface area (Å²) in [5.74, 6) is -0.538. The third-order valence-electron chi connectivity index (χ3n) is 3.20. The Hall–Kier alpha value is -2.93. The third kappa shape index (κ3) is 3.88. The molecule has 3 aromatic rings. The van der Waals surface area contributed by atoms with Gasteiger partial charge in [-0.2, -0.15) is 0 Å². The van der Waals surface area contributed by atoms with Crippen LogP contribution in [0.2, 0.25) is 0 Å². The lowest BCUT2D eigenvalue weighted by Crippen LogP contribution is -2.42. The van der Waals surface area contributed by atoms with Crippen LogP contribution in [0.3, 0.4) is 0 Å². The summed E-state index contributed by atoms with van der Waals surface area (Å²) in [6.07, 6.45) is 1.47. The number of hydrogen-bond acceptors (Lipinski definition) is 5. The minimum Gasteiger partial charge on any atom is -0.272 e. The summed E-state index contributed by atoms with van der Waals surface area (Å²) in [6.45, 7) is 0. The van der Waals surface area contributed by atoms with E-state index in [2.05, 4.69) is 20.8 Å². The van der Waals surface area contributed by atoms with Gasteiger partial charge in [-0.05, 0) is 18.2 Å². The lowest BCUT2D eigenvalue weighted by molar-refractivity contribution is -0.119. The summed E-state index contributed by atoms with van der Waals surface area (Å²) in [6, 6.07) is 16.3. The average Bonchev–Trinajstić information content (AvgIpc) is 2.65. The van der Waals surface area contributed by atoms with Gasteiger partial charge in [0.1, 0.15) is 11.4 Å². The summed E-state index contributed by atoms with van der Waals surface area (Å²) in [5.41, 5.74) is 6.09. The van der Waals surface area contributed by atoms with Gasteiger partial charge in [0.15, 0.2) is 0 Å². The van der Waals surface area contributed by atoms with Crippen molar-refractivity contribution in [3.63, 3.8) is 0 Å². The van der Waals surface area contributed by atoms with E-state index in [1.807, 2.05) is 30.3 Å². The van der Waals surface area contributed by atoms with E-state index in [9.17, 15) is 9.59 Å². The van der Waals surface area contributed by atoms with Gasteiger partial charge in [0.05, 0.1) is 11.3 Å². The van der Waals surface area contributed by atoms with E-state index in [1.165, 1.54) is 18.1 Å². The van der Waals surface area contributed by atoms with Crippen molar-refractivity contribution < 1.29 is 9.59 Å². The van der Waals surface area contributed by atoms with Crippen LogP contribution in [-0.4, -0.2) is 27.5 Å². The molecule has 0 spiro atoms. The zero-order valence-corrected chi connectivity index (χ0v) is 13.4. The Labute approximate surface area is 142 Å². The van der Waals surface area contributed by atoms with E-state index < -0.39 is 0 Å². The van der Waals surface area contributed by atoms with Crippen LogP contribution in [-0.2, 0) is 4.79 Å². The van der Waals surface area contributed by atoms with E-state index in [0.29, 0.717) is 5.56 Å². The van der Waals surface area contributed by atoms with Crippen molar-refractivity contribution in [3.8, 4) is 0 Å². The first-order valence-electron chi connectivity index (χ1n) is 7.21. The van der Waals surface area contributed by atoms with E-state index in [0.717, 1.165) is 15.9 Å². The molecule has 0 atom stereocenters. The zero-order chi connectivity index (χ0) is 16.8. The largest absolute Gasteiger partial charge is 0.272 e. The maximum absolute atomic E-state index is 11.9. The molecule has 0 bridgehead atoms. The molecule has 0 radical (unpaired) electrons. The lowest BCUT2D eigenvalue weighted by Gasteiger charge is -2.07. The number of nitrogens with zero attached hydrogens (tertiary/aromatic N) is 2. The van der Waals surface area contributed by atoms with Crippen molar-refractivity contribution in [3.05, 3.63) is 66.5 Å². The number of carbonyl (C=O) groups excluding carboxylic acids is 2. The number of thioether (sulfide) groups is 1. The summed E-state index contributed by atoms with van der Waals surface area (Å²) in [7, 11) is 0. The van der Waals surface area contributed by atoms with Crippen molar-refractivity contribution in [2.45, 2.75) is 5.03 Å². The van der Waals surface area contributed by atoms with Crippen molar-refractivity contribution in [2.24, 2.45) is 0 Å². The van der Waals surface area contributed by atoms with E-state index in [1.54, 1.807) is 24.3 Å². The normalized spacial score (nSPS) is 10.3. The van der Waals surface area contributed by atoms with Crippen molar-refractivity contribution >= 4 is 34.5 Å². The minimum absolute atomic E-state index is 0.135. The highest BCUT2D eigenvalue weighted by molar-refractivity contribution is 8.00. The standard InChI is InChI=1S/C17H14N4O2S/c22-15(20-21-16(23)12-6-2-1-3-7-12)10-24-17-13-8-4-5-9-14(13)18-11-19-17/h1-9,11H,10H2,(H,20,22)(H,21,23). The van der Waals surface area contributed by atoms with Crippen LogP contribution in [0, 0.1) is 0 Å². The number of amides is 2. The highest BCUT2D eigenvalue weighted by atomic mass is 32.2. The molecular weight excluding hydrogens is 324 g/mol. The van der Waals surface area contributed by atoms with E-state index in [-0.39, 0.29) is 17.6 Å². The molecule has 2 amide bonds. The number of benzene rings is 2. The van der Waals surface area contributed by atoms with Gasteiger partial charge in [0, 0.05) is 10.9 Å². The predicted molar refractivity (Wildman–Crippen MR) is 92.3 cm³/mol. The number of hydrazine groups is 1. The second-order valence-corrected chi connectivity index (χ2v) is 5.82. The molecule has 0 saturated heterocycles. The van der Waals surface area contributed by atoms with Crippen LogP contribution in [0.1, 0.15) is 10.4 Å². The number of carbonyl (C=O) groups is 2. The van der Waals surface area contributed by atoms with Crippen LogP contribution < -0.4 is 10.9 Å². The molecule has 2 aromatic carbocycles. The van der Waals surface area contributed by atoms with Gasteiger partial charge < -0.3 is 0 Å². The fourth-order valence-corrected chi connectivity index (χ4v) is 2.84. The lowest BCUT2D eigenvalue weighted by atomic mass is 10.2. The Morgan fingerprint density at radius 2 is 1.67 bits per heavy atom. The van der Waals surface area contributed by atoms with E-state index >= 15 is 0 Å². The highest BCUT2D eigenvalue weighted by Crippen LogP contribution is 2.23. The molecule has 6 nitrogen and oxygen atoms in total. The summed E-state index contributed by atoms with van der Waals surface area (Å²) >= 11 is 1.29. The molecule has 0 unspecified atom stereocenters. The molecule has 3 rings (SSSR count). The molecule has 1 aromatic heterocycles. The fourth-order valence-electron chi connectivity index (χ4n) is 2.05. The second kappa shape index (κ2) is 7.56. The maximum atomic E-state index is 11.9. The summed E-state index contributed by atoms with van der Waals surface area (Å²) < 4.78 is 0. The molecule has 2 N–H and O–H groups in total. The smallest absolute Gasteiger partial charge is 0.269 e. The molecule has 1 heterocycles. The molecule has 0 fully saturated rings. The van der Waals surface area contributed by atoms with Gasteiger partial charge in [-0.1, -0.05) is 48.2 Å². The molecule has 7 heteroatoms. The topological polar surface area (TPSA) is 84.0 Å². The van der Waals surface area contributed by atoms with Crippen LogP contribution in [0.4, 0.5) is 0 Å². The van der Waals surface area contributed by atoms with Crippen molar-refractivity contribution in [1.29, 1.82) is 0 Å². The Morgan fingerprint density at radius 3 is 2.50 bits per heavy atom. The molecule has 0 aliphatic rings. The number of para-hydroxylation sites is 1. The fraction of sp³-hybridized carbons (Fsp3) is 0.0588. The quantitative estimate of drug-likeness (QED) is 0.433. The highest BCUT2D eigenvalue weighted by Gasteiger charge is 2.09. The summed E-state index contributed by atoms with van der Waals surface area (Å²) in [5, 5.41) is 1.62. The molecule has 0 aliphatic carbocycles. The SMILES string of the molecule is O=C(CSc1ncnc2ccccc12)NNC(=O)c1ccccc1. The van der Waals surface area contributed by atoms with E-state index in [4.69, 9.17) is 0 Å². The third-order valence-corrected chi connectivity index (χ3v) is 4.20. The maximum Gasteiger partial charge on any atom is 0.269 e. The van der Waals surface area contributed by atoms with Gasteiger partial charge in [0.25, 0.3) is 5.91 Å². The minimum atomic E-state index is -0.360. The predicted octanol–water partition coefficient (Wildman–Crippen LogP) is 2.18.